The number of alkyl halides is 1. The minimum Gasteiger partial charge on any atom is -0.489 e. The van der Waals surface area contributed by atoms with E-state index in [9.17, 15) is 0 Å². The predicted molar refractivity (Wildman–Crippen MR) is 88.5 cm³/mol. The Balaban J connectivity index is 2.04. The Bertz CT molecular complexity index is 552. The molecule has 0 fully saturated rings. The van der Waals surface area contributed by atoms with Gasteiger partial charge in [0.1, 0.15) is 12.4 Å². The third-order valence-electron chi connectivity index (χ3n) is 3.33. The van der Waals surface area contributed by atoms with Crippen molar-refractivity contribution in [2.45, 2.75) is 38.1 Å². The van der Waals surface area contributed by atoms with Gasteiger partial charge in [-0.3, -0.25) is 0 Å². The van der Waals surface area contributed by atoms with Crippen LogP contribution in [-0.2, 0) is 17.4 Å². The van der Waals surface area contributed by atoms with E-state index in [-0.39, 0.29) is 5.41 Å². The summed E-state index contributed by atoms with van der Waals surface area (Å²) >= 11 is 3.49. The summed E-state index contributed by atoms with van der Waals surface area (Å²) in [5, 5.41) is 0.812. The van der Waals surface area contributed by atoms with Crippen LogP contribution in [0.4, 0.5) is 0 Å². The van der Waals surface area contributed by atoms with E-state index in [1.807, 2.05) is 18.2 Å². The summed E-state index contributed by atoms with van der Waals surface area (Å²) in [5.41, 5.74) is 3.92. The van der Waals surface area contributed by atoms with Gasteiger partial charge < -0.3 is 4.74 Å². The van der Waals surface area contributed by atoms with Gasteiger partial charge in [0.25, 0.3) is 0 Å². The average molecular weight is 333 g/mol. The molecule has 0 spiro atoms. The van der Waals surface area contributed by atoms with E-state index < -0.39 is 0 Å². The molecule has 0 aliphatic rings. The van der Waals surface area contributed by atoms with Crippen LogP contribution in [0.2, 0.25) is 0 Å². The van der Waals surface area contributed by atoms with Crippen molar-refractivity contribution in [3.63, 3.8) is 0 Å². The molecular weight excluding hydrogens is 312 g/mol. The van der Waals surface area contributed by atoms with Gasteiger partial charge in [0.05, 0.1) is 0 Å². The second-order valence-corrected chi connectivity index (χ2v) is 6.54. The molecule has 1 nitrogen and oxygen atoms in total. The lowest BCUT2D eigenvalue weighted by atomic mass is 9.87. The van der Waals surface area contributed by atoms with Gasteiger partial charge in [-0.2, -0.15) is 0 Å². The lowest BCUT2D eigenvalue weighted by Crippen LogP contribution is -2.10. The van der Waals surface area contributed by atoms with E-state index >= 15 is 0 Å². The number of halogens is 1. The molecular formula is C18H21BrO. The maximum absolute atomic E-state index is 5.91. The van der Waals surface area contributed by atoms with Crippen molar-refractivity contribution in [1.82, 2.24) is 0 Å². The molecule has 0 amide bonds. The smallest absolute Gasteiger partial charge is 0.123 e. The van der Waals surface area contributed by atoms with Gasteiger partial charge in [-0.15, -0.1) is 0 Å². The van der Waals surface area contributed by atoms with Crippen molar-refractivity contribution in [2.24, 2.45) is 0 Å². The zero-order valence-electron chi connectivity index (χ0n) is 12.3. The van der Waals surface area contributed by atoms with Gasteiger partial charge in [-0.05, 0) is 22.6 Å². The van der Waals surface area contributed by atoms with Crippen molar-refractivity contribution in [3.8, 4) is 5.75 Å². The molecule has 0 saturated carbocycles. The quantitative estimate of drug-likeness (QED) is 0.675. The van der Waals surface area contributed by atoms with Crippen LogP contribution in [0.1, 0.15) is 37.5 Å². The standard InChI is InChI=1S/C18H21BrO/c1-18(2,3)16-10-8-14(9-11-16)13-20-17-7-5-4-6-15(17)12-19/h4-11H,12-13H2,1-3H3. The molecule has 0 N–H and O–H groups in total. The first-order chi connectivity index (χ1) is 9.50. The minimum atomic E-state index is 0.196. The third kappa shape index (κ3) is 3.86. The highest BCUT2D eigenvalue weighted by molar-refractivity contribution is 9.08. The van der Waals surface area contributed by atoms with E-state index in [1.165, 1.54) is 16.7 Å². The van der Waals surface area contributed by atoms with Crippen LogP contribution >= 0.6 is 15.9 Å². The monoisotopic (exact) mass is 332 g/mol. The lowest BCUT2D eigenvalue weighted by molar-refractivity contribution is 0.304. The van der Waals surface area contributed by atoms with Crippen LogP contribution < -0.4 is 4.74 Å². The Morgan fingerprint density at radius 3 is 2.20 bits per heavy atom. The summed E-state index contributed by atoms with van der Waals surface area (Å²) in [5.74, 6) is 0.948. The van der Waals surface area contributed by atoms with E-state index in [4.69, 9.17) is 4.74 Å². The normalized spacial score (nSPS) is 11.4. The predicted octanol–water partition coefficient (Wildman–Crippen LogP) is 5.46. The Morgan fingerprint density at radius 2 is 1.60 bits per heavy atom. The van der Waals surface area contributed by atoms with Crippen LogP contribution in [-0.4, -0.2) is 0 Å². The molecule has 0 saturated heterocycles. The highest BCUT2D eigenvalue weighted by Crippen LogP contribution is 2.24. The topological polar surface area (TPSA) is 9.23 Å². The fourth-order valence-electron chi connectivity index (χ4n) is 2.02. The van der Waals surface area contributed by atoms with Crippen LogP contribution in [0.25, 0.3) is 0 Å². The zero-order chi connectivity index (χ0) is 14.6. The van der Waals surface area contributed by atoms with Crippen molar-refractivity contribution >= 4 is 15.9 Å². The fourth-order valence-corrected chi connectivity index (χ4v) is 2.48. The first-order valence-electron chi connectivity index (χ1n) is 6.87. The lowest BCUT2D eigenvalue weighted by Gasteiger charge is -2.19. The number of hydrogen-bond donors (Lipinski definition) is 0. The second-order valence-electron chi connectivity index (χ2n) is 5.98. The summed E-state index contributed by atoms with van der Waals surface area (Å²) in [6, 6.07) is 16.8. The first kappa shape index (κ1) is 15.1. The molecule has 106 valence electrons. The third-order valence-corrected chi connectivity index (χ3v) is 3.93. The molecule has 0 radical (unpaired) electrons. The van der Waals surface area contributed by atoms with Crippen LogP contribution in [0.3, 0.4) is 0 Å². The number of para-hydroxylation sites is 1. The van der Waals surface area contributed by atoms with E-state index in [1.54, 1.807) is 0 Å². The van der Waals surface area contributed by atoms with Gasteiger partial charge in [0.2, 0.25) is 0 Å². The largest absolute Gasteiger partial charge is 0.489 e. The number of hydrogen-bond acceptors (Lipinski definition) is 1. The molecule has 0 heterocycles. The van der Waals surface area contributed by atoms with E-state index in [0.717, 1.165) is 11.1 Å². The molecule has 2 heteroatoms. The van der Waals surface area contributed by atoms with Gasteiger partial charge in [0.15, 0.2) is 0 Å². The summed E-state index contributed by atoms with van der Waals surface area (Å²) in [4.78, 5) is 0. The molecule has 0 aromatic heterocycles. The van der Waals surface area contributed by atoms with Gasteiger partial charge in [0, 0.05) is 10.9 Å². The zero-order valence-corrected chi connectivity index (χ0v) is 13.9. The Kier molecular flexibility index (Phi) is 4.87. The molecule has 0 atom stereocenters. The van der Waals surface area contributed by atoms with Crippen LogP contribution in [0, 0.1) is 0 Å². The molecule has 2 aromatic rings. The number of benzene rings is 2. The summed E-state index contributed by atoms with van der Waals surface area (Å²) in [6.07, 6.45) is 0. The van der Waals surface area contributed by atoms with Crippen LogP contribution in [0.5, 0.6) is 5.75 Å². The molecule has 2 aromatic carbocycles. The van der Waals surface area contributed by atoms with Crippen molar-refractivity contribution in [1.29, 1.82) is 0 Å². The maximum atomic E-state index is 5.91. The highest BCUT2D eigenvalue weighted by atomic mass is 79.9. The van der Waals surface area contributed by atoms with E-state index in [2.05, 4.69) is 67.0 Å². The fraction of sp³-hybridized carbons (Fsp3) is 0.333. The number of rotatable bonds is 4. The Labute approximate surface area is 130 Å². The van der Waals surface area contributed by atoms with Crippen LogP contribution in [0.15, 0.2) is 48.5 Å². The Hall–Kier alpha value is -1.28. The van der Waals surface area contributed by atoms with Crippen molar-refractivity contribution in [3.05, 3.63) is 65.2 Å². The average Bonchev–Trinajstić information content (AvgIpc) is 2.45. The number of ether oxygens (including phenoxy) is 1. The SMILES string of the molecule is CC(C)(C)c1ccc(COc2ccccc2CBr)cc1. The summed E-state index contributed by atoms with van der Waals surface area (Å²) in [6.45, 7) is 7.29. The molecule has 20 heavy (non-hydrogen) atoms. The first-order valence-corrected chi connectivity index (χ1v) is 7.99. The van der Waals surface area contributed by atoms with Gasteiger partial charge in [-0.25, -0.2) is 0 Å². The minimum absolute atomic E-state index is 0.196. The molecule has 0 aliphatic heterocycles. The highest BCUT2D eigenvalue weighted by Gasteiger charge is 2.12. The van der Waals surface area contributed by atoms with Gasteiger partial charge in [-0.1, -0.05) is 79.2 Å². The van der Waals surface area contributed by atoms with Gasteiger partial charge >= 0.3 is 0 Å². The molecule has 0 aliphatic carbocycles. The van der Waals surface area contributed by atoms with Crippen molar-refractivity contribution in [2.75, 3.05) is 0 Å². The molecule has 0 bridgehead atoms. The maximum Gasteiger partial charge on any atom is 0.123 e. The van der Waals surface area contributed by atoms with Crippen molar-refractivity contribution < 1.29 is 4.74 Å². The Morgan fingerprint density at radius 1 is 0.950 bits per heavy atom. The molecule has 2 rings (SSSR count). The molecule has 0 unspecified atom stereocenters. The second kappa shape index (κ2) is 6.45. The summed E-state index contributed by atoms with van der Waals surface area (Å²) < 4.78 is 5.91. The van der Waals surface area contributed by atoms with E-state index in [0.29, 0.717) is 6.61 Å². The summed E-state index contributed by atoms with van der Waals surface area (Å²) in [7, 11) is 0.